The molecule has 5 nitrogen and oxygen atoms in total. The Morgan fingerprint density at radius 1 is 1.17 bits per heavy atom. The number of hydrogen-bond donors (Lipinski definition) is 1. The van der Waals surface area contributed by atoms with Crippen LogP contribution in [0.1, 0.15) is 11.1 Å². The van der Waals surface area contributed by atoms with Crippen molar-refractivity contribution in [3.8, 4) is 0 Å². The van der Waals surface area contributed by atoms with Crippen molar-refractivity contribution in [3.05, 3.63) is 84.5 Å². The van der Waals surface area contributed by atoms with E-state index in [4.69, 9.17) is 0 Å². The number of rotatable bonds is 5. The molecule has 3 aromatic rings. The van der Waals surface area contributed by atoms with Crippen molar-refractivity contribution in [2.24, 2.45) is 0 Å². The Balaban J connectivity index is 1.63. The molecule has 0 unspecified atom stereocenters. The van der Waals surface area contributed by atoms with Crippen LogP contribution in [0.5, 0.6) is 0 Å². The largest absolute Gasteiger partial charge is 0.323 e. The third-order valence-corrected chi connectivity index (χ3v) is 3.21. The summed E-state index contributed by atoms with van der Waals surface area (Å²) in [6, 6.07) is 13.3. The SMILES string of the molecule is O=C(/C=C/c1cccnc1)Nc1cccc(Cn2cccn2)c1. The molecule has 0 saturated carbocycles. The molecule has 0 spiro atoms. The van der Waals surface area contributed by atoms with E-state index in [1.807, 2.05) is 53.3 Å². The number of hydrogen-bond acceptors (Lipinski definition) is 3. The third-order valence-electron chi connectivity index (χ3n) is 3.21. The lowest BCUT2D eigenvalue weighted by Gasteiger charge is -2.06. The van der Waals surface area contributed by atoms with Crippen LogP contribution in [0.25, 0.3) is 6.08 Å². The molecule has 1 aromatic carbocycles. The lowest BCUT2D eigenvalue weighted by atomic mass is 10.2. The van der Waals surface area contributed by atoms with Crippen molar-refractivity contribution in [1.82, 2.24) is 14.8 Å². The third kappa shape index (κ3) is 4.38. The zero-order chi connectivity index (χ0) is 15.9. The zero-order valence-corrected chi connectivity index (χ0v) is 12.5. The monoisotopic (exact) mass is 304 g/mol. The average Bonchev–Trinajstić information content (AvgIpc) is 3.07. The number of carbonyl (C=O) groups is 1. The fourth-order valence-corrected chi connectivity index (χ4v) is 2.16. The molecule has 0 atom stereocenters. The normalized spacial score (nSPS) is 10.8. The number of anilines is 1. The highest BCUT2D eigenvalue weighted by Gasteiger charge is 2.01. The minimum absolute atomic E-state index is 0.176. The van der Waals surface area contributed by atoms with E-state index in [-0.39, 0.29) is 5.91 Å². The van der Waals surface area contributed by atoms with E-state index in [9.17, 15) is 4.79 Å². The van der Waals surface area contributed by atoms with Crippen LogP contribution in [0, 0.1) is 0 Å². The summed E-state index contributed by atoms with van der Waals surface area (Å²) in [5.41, 5.74) is 2.72. The number of aromatic nitrogens is 3. The summed E-state index contributed by atoms with van der Waals surface area (Å²) in [6.45, 7) is 0.669. The molecule has 0 aliphatic carbocycles. The predicted molar refractivity (Wildman–Crippen MR) is 89.7 cm³/mol. The van der Waals surface area contributed by atoms with Gasteiger partial charge in [-0.15, -0.1) is 0 Å². The standard InChI is InChI=1S/C18H16N4O/c23-18(8-7-15-5-2-9-19-13-15)21-17-6-1-4-16(12-17)14-22-11-3-10-20-22/h1-13H,14H2,(H,21,23)/b8-7+. The van der Waals surface area contributed by atoms with Crippen molar-refractivity contribution < 1.29 is 4.79 Å². The minimum Gasteiger partial charge on any atom is -0.323 e. The lowest BCUT2D eigenvalue weighted by Crippen LogP contribution is -2.08. The van der Waals surface area contributed by atoms with Crippen LogP contribution >= 0.6 is 0 Å². The molecule has 23 heavy (non-hydrogen) atoms. The van der Waals surface area contributed by atoms with Gasteiger partial charge in [0.15, 0.2) is 0 Å². The second kappa shape index (κ2) is 7.17. The minimum atomic E-state index is -0.176. The summed E-state index contributed by atoms with van der Waals surface area (Å²) in [5, 5.41) is 7.03. The summed E-state index contributed by atoms with van der Waals surface area (Å²) in [5.74, 6) is -0.176. The molecule has 1 N–H and O–H groups in total. The van der Waals surface area contributed by atoms with Crippen molar-refractivity contribution >= 4 is 17.7 Å². The van der Waals surface area contributed by atoms with Crippen molar-refractivity contribution in [1.29, 1.82) is 0 Å². The number of nitrogens with one attached hydrogen (secondary N) is 1. The molecule has 0 aliphatic heterocycles. The Hall–Kier alpha value is -3.21. The van der Waals surface area contributed by atoms with Gasteiger partial charge in [-0.2, -0.15) is 5.10 Å². The second-order valence-electron chi connectivity index (χ2n) is 5.01. The van der Waals surface area contributed by atoms with Crippen molar-refractivity contribution in [2.75, 3.05) is 5.32 Å². The van der Waals surface area contributed by atoms with Gasteiger partial charge in [0.05, 0.1) is 6.54 Å². The van der Waals surface area contributed by atoms with E-state index in [1.165, 1.54) is 6.08 Å². The molecule has 5 heteroatoms. The molecule has 0 saturated heterocycles. The summed E-state index contributed by atoms with van der Waals surface area (Å²) in [6.07, 6.45) is 10.3. The number of nitrogens with zero attached hydrogens (tertiary/aromatic N) is 3. The Labute approximate surface area is 134 Å². The van der Waals surface area contributed by atoms with Gasteiger partial charge in [0.2, 0.25) is 5.91 Å². The second-order valence-corrected chi connectivity index (χ2v) is 5.01. The number of amides is 1. The van der Waals surface area contributed by atoms with Crippen LogP contribution in [-0.4, -0.2) is 20.7 Å². The molecule has 114 valence electrons. The average molecular weight is 304 g/mol. The molecule has 2 heterocycles. The maximum atomic E-state index is 12.0. The lowest BCUT2D eigenvalue weighted by molar-refractivity contribution is -0.111. The van der Waals surface area contributed by atoms with E-state index in [0.717, 1.165) is 16.8 Å². The van der Waals surface area contributed by atoms with Gasteiger partial charge in [0, 0.05) is 36.6 Å². The first-order valence-corrected chi connectivity index (χ1v) is 7.25. The van der Waals surface area contributed by atoms with Crippen LogP contribution in [0.2, 0.25) is 0 Å². The van der Waals surface area contributed by atoms with Crippen LogP contribution in [0.3, 0.4) is 0 Å². The summed E-state index contributed by atoms with van der Waals surface area (Å²) >= 11 is 0. The molecule has 2 aromatic heterocycles. The van der Waals surface area contributed by atoms with Crippen LogP contribution < -0.4 is 5.32 Å². The van der Waals surface area contributed by atoms with Gasteiger partial charge in [-0.3, -0.25) is 14.5 Å². The highest BCUT2D eigenvalue weighted by atomic mass is 16.1. The van der Waals surface area contributed by atoms with Gasteiger partial charge in [-0.05, 0) is 41.5 Å². The first-order chi connectivity index (χ1) is 11.3. The number of pyridine rings is 1. The Kier molecular flexibility index (Phi) is 4.59. The summed E-state index contributed by atoms with van der Waals surface area (Å²) in [4.78, 5) is 16.0. The van der Waals surface area contributed by atoms with Crippen LogP contribution in [0.15, 0.2) is 73.3 Å². The Morgan fingerprint density at radius 3 is 2.91 bits per heavy atom. The van der Waals surface area contributed by atoms with E-state index in [1.54, 1.807) is 24.7 Å². The fraction of sp³-hybridized carbons (Fsp3) is 0.0556. The Bertz CT molecular complexity index is 795. The molecule has 0 bridgehead atoms. The van der Waals surface area contributed by atoms with E-state index in [0.29, 0.717) is 6.54 Å². The molecule has 0 aliphatic rings. The predicted octanol–water partition coefficient (Wildman–Crippen LogP) is 2.98. The number of benzene rings is 1. The first kappa shape index (κ1) is 14.7. The van der Waals surface area contributed by atoms with Gasteiger partial charge in [0.25, 0.3) is 0 Å². The van der Waals surface area contributed by atoms with Gasteiger partial charge >= 0.3 is 0 Å². The van der Waals surface area contributed by atoms with Crippen LogP contribution in [-0.2, 0) is 11.3 Å². The smallest absolute Gasteiger partial charge is 0.248 e. The molecule has 0 radical (unpaired) electrons. The van der Waals surface area contributed by atoms with Crippen LogP contribution in [0.4, 0.5) is 5.69 Å². The van der Waals surface area contributed by atoms with Crippen molar-refractivity contribution in [3.63, 3.8) is 0 Å². The molecule has 0 fully saturated rings. The quantitative estimate of drug-likeness (QED) is 0.737. The topological polar surface area (TPSA) is 59.8 Å². The highest BCUT2D eigenvalue weighted by molar-refractivity contribution is 6.01. The Morgan fingerprint density at radius 2 is 2.13 bits per heavy atom. The van der Waals surface area contributed by atoms with E-state index in [2.05, 4.69) is 15.4 Å². The van der Waals surface area contributed by atoms with E-state index >= 15 is 0 Å². The highest BCUT2D eigenvalue weighted by Crippen LogP contribution is 2.12. The van der Waals surface area contributed by atoms with Gasteiger partial charge < -0.3 is 5.32 Å². The maximum absolute atomic E-state index is 12.0. The fourth-order valence-electron chi connectivity index (χ4n) is 2.16. The molecule has 1 amide bonds. The molecular formula is C18H16N4O. The molecular weight excluding hydrogens is 288 g/mol. The van der Waals surface area contributed by atoms with Gasteiger partial charge in [-0.1, -0.05) is 18.2 Å². The van der Waals surface area contributed by atoms with Crippen molar-refractivity contribution in [2.45, 2.75) is 6.54 Å². The number of carbonyl (C=O) groups excluding carboxylic acids is 1. The maximum Gasteiger partial charge on any atom is 0.248 e. The summed E-state index contributed by atoms with van der Waals surface area (Å²) in [7, 11) is 0. The first-order valence-electron chi connectivity index (χ1n) is 7.25. The summed E-state index contributed by atoms with van der Waals surface area (Å²) < 4.78 is 1.84. The van der Waals surface area contributed by atoms with Gasteiger partial charge in [-0.25, -0.2) is 0 Å². The van der Waals surface area contributed by atoms with Gasteiger partial charge in [0.1, 0.15) is 0 Å². The van der Waals surface area contributed by atoms with E-state index < -0.39 is 0 Å². The molecule has 3 rings (SSSR count). The zero-order valence-electron chi connectivity index (χ0n) is 12.5.